The van der Waals surface area contributed by atoms with E-state index in [-0.39, 0.29) is 11.9 Å². The monoisotopic (exact) mass is 410 g/mol. The van der Waals surface area contributed by atoms with Crippen LogP contribution in [-0.4, -0.2) is 32.9 Å². The summed E-state index contributed by atoms with van der Waals surface area (Å²) < 4.78 is 2.04. The highest BCUT2D eigenvalue weighted by Crippen LogP contribution is 2.17. The third-order valence-corrected chi connectivity index (χ3v) is 5.49. The molecule has 0 saturated carbocycles. The van der Waals surface area contributed by atoms with Crippen molar-refractivity contribution in [3.05, 3.63) is 89.0 Å². The van der Waals surface area contributed by atoms with E-state index in [1.54, 1.807) is 18.6 Å². The van der Waals surface area contributed by atoms with Gasteiger partial charge in [-0.1, -0.05) is 24.3 Å². The zero-order valence-electron chi connectivity index (χ0n) is 17.0. The van der Waals surface area contributed by atoms with Gasteiger partial charge in [0.1, 0.15) is 0 Å². The lowest BCUT2D eigenvalue weighted by Crippen LogP contribution is -2.38. The van der Waals surface area contributed by atoms with Crippen LogP contribution in [0.2, 0.25) is 0 Å². The van der Waals surface area contributed by atoms with Gasteiger partial charge in [0.15, 0.2) is 0 Å². The minimum atomic E-state index is -0.225. The summed E-state index contributed by atoms with van der Waals surface area (Å²) in [5.41, 5.74) is 4.29. The summed E-state index contributed by atoms with van der Waals surface area (Å²) in [5.74, 6) is 0.0838. The molecule has 2 heterocycles. The number of nitrogens with zero attached hydrogens (tertiary/aromatic N) is 5. The molecule has 1 fully saturated rings. The maximum absolute atomic E-state index is 12.8. The number of aromatic nitrogens is 2. The number of nitriles is 2. The van der Waals surface area contributed by atoms with Gasteiger partial charge in [0.05, 0.1) is 41.3 Å². The smallest absolute Gasteiger partial charge is 0.240 e. The van der Waals surface area contributed by atoms with Gasteiger partial charge in [0, 0.05) is 32.4 Å². The van der Waals surface area contributed by atoms with E-state index in [0.717, 1.165) is 23.2 Å². The third kappa shape index (κ3) is 4.80. The second kappa shape index (κ2) is 9.25. The molecule has 3 aromatic rings. The first-order chi connectivity index (χ1) is 15.2. The van der Waals surface area contributed by atoms with E-state index in [1.165, 1.54) is 0 Å². The molecular formula is C24H22N6O. The Kier molecular flexibility index (Phi) is 6.07. The lowest BCUT2D eigenvalue weighted by molar-refractivity contribution is -0.129. The van der Waals surface area contributed by atoms with Crippen molar-refractivity contribution in [2.75, 3.05) is 6.54 Å². The van der Waals surface area contributed by atoms with Crippen molar-refractivity contribution in [1.29, 1.82) is 10.5 Å². The first-order valence-corrected chi connectivity index (χ1v) is 10.2. The summed E-state index contributed by atoms with van der Waals surface area (Å²) in [6, 6.07) is 18.9. The van der Waals surface area contributed by atoms with Crippen LogP contribution < -0.4 is 5.32 Å². The fourth-order valence-electron chi connectivity index (χ4n) is 3.79. The number of imidazole rings is 1. The summed E-state index contributed by atoms with van der Waals surface area (Å²) in [4.78, 5) is 18.9. The van der Waals surface area contributed by atoms with Gasteiger partial charge >= 0.3 is 0 Å². The van der Waals surface area contributed by atoms with E-state index in [2.05, 4.69) is 22.4 Å². The number of benzene rings is 2. The average Bonchev–Trinajstić information content (AvgIpc) is 3.39. The van der Waals surface area contributed by atoms with Crippen LogP contribution in [0.25, 0.3) is 0 Å². The van der Waals surface area contributed by atoms with E-state index in [1.807, 2.05) is 51.9 Å². The topological polar surface area (TPSA) is 97.7 Å². The molecule has 0 spiro atoms. The number of hydrogen-bond acceptors (Lipinski definition) is 5. The van der Waals surface area contributed by atoms with Crippen molar-refractivity contribution >= 4 is 5.91 Å². The van der Waals surface area contributed by atoms with Crippen LogP contribution in [0.1, 0.15) is 34.4 Å². The molecule has 1 aromatic heterocycles. The molecule has 1 aliphatic heterocycles. The second-order valence-corrected chi connectivity index (χ2v) is 7.62. The average molecular weight is 410 g/mol. The van der Waals surface area contributed by atoms with E-state index < -0.39 is 0 Å². The van der Waals surface area contributed by atoms with Crippen LogP contribution in [0.3, 0.4) is 0 Å². The van der Waals surface area contributed by atoms with Gasteiger partial charge in [-0.3, -0.25) is 4.79 Å². The Labute approximate surface area is 181 Å². The molecule has 2 aromatic carbocycles. The zero-order valence-corrected chi connectivity index (χ0v) is 17.0. The maximum Gasteiger partial charge on any atom is 0.240 e. The van der Waals surface area contributed by atoms with Crippen molar-refractivity contribution in [2.24, 2.45) is 0 Å². The zero-order chi connectivity index (χ0) is 21.6. The van der Waals surface area contributed by atoms with Gasteiger partial charge in [-0.2, -0.15) is 10.5 Å². The molecule has 0 unspecified atom stereocenters. The number of carbonyl (C=O) groups is 1. The highest BCUT2D eigenvalue weighted by atomic mass is 16.2. The van der Waals surface area contributed by atoms with Gasteiger partial charge < -0.3 is 14.8 Å². The summed E-state index contributed by atoms with van der Waals surface area (Å²) in [6.07, 6.45) is 4.34. The Bertz CT molecular complexity index is 1150. The molecule has 1 saturated heterocycles. The molecular weight excluding hydrogens is 388 g/mol. The number of rotatable bonds is 7. The SMILES string of the molecule is N#Cc1ccc(Cn2cncc2CN[C@H]2CCN(Cc3cccc(C#N)c3)C2=O)cc1. The number of carbonyl (C=O) groups excluding carboxylic acids is 1. The molecule has 1 N–H and O–H groups in total. The molecule has 0 aliphatic carbocycles. The predicted octanol–water partition coefficient (Wildman–Crippen LogP) is 2.57. The van der Waals surface area contributed by atoms with Crippen molar-refractivity contribution in [3.63, 3.8) is 0 Å². The van der Waals surface area contributed by atoms with Gasteiger partial charge in [-0.25, -0.2) is 4.98 Å². The molecule has 1 aliphatic rings. The fraction of sp³-hybridized carbons (Fsp3) is 0.250. The molecule has 31 heavy (non-hydrogen) atoms. The molecule has 7 nitrogen and oxygen atoms in total. The van der Waals surface area contributed by atoms with Crippen LogP contribution in [0.15, 0.2) is 61.1 Å². The first kappa shape index (κ1) is 20.3. The Morgan fingerprint density at radius 1 is 1.03 bits per heavy atom. The minimum absolute atomic E-state index is 0.0838. The van der Waals surface area contributed by atoms with Gasteiger partial charge in [-0.05, 0) is 41.8 Å². The molecule has 0 bridgehead atoms. The van der Waals surface area contributed by atoms with Crippen LogP contribution in [0.5, 0.6) is 0 Å². The fourth-order valence-corrected chi connectivity index (χ4v) is 3.79. The predicted molar refractivity (Wildman–Crippen MR) is 114 cm³/mol. The van der Waals surface area contributed by atoms with Crippen LogP contribution in [-0.2, 0) is 24.4 Å². The van der Waals surface area contributed by atoms with Crippen LogP contribution in [0.4, 0.5) is 0 Å². The van der Waals surface area contributed by atoms with E-state index in [9.17, 15) is 4.79 Å². The summed E-state index contributed by atoms with van der Waals surface area (Å²) in [7, 11) is 0. The molecule has 0 radical (unpaired) electrons. The highest BCUT2D eigenvalue weighted by molar-refractivity contribution is 5.84. The summed E-state index contributed by atoms with van der Waals surface area (Å²) in [6.45, 7) is 2.41. The van der Waals surface area contributed by atoms with Crippen molar-refractivity contribution in [3.8, 4) is 12.1 Å². The third-order valence-electron chi connectivity index (χ3n) is 5.49. The van der Waals surface area contributed by atoms with Crippen molar-refractivity contribution in [1.82, 2.24) is 19.8 Å². The van der Waals surface area contributed by atoms with Crippen molar-refractivity contribution < 1.29 is 4.79 Å². The van der Waals surface area contributed by atoms with Crippen LogP contribution >= 0.6 is 0 Å². The number of nitrogens with one attached hydrogen (secondary N) is 1. The van der Waals surface area contributed by atoms with Crippen molar-refractivity contribution in [2.45, 2.75) is 32.1 Å². The summed E-state index contributed by atoms with van der Waals surface area (Å²) >= 11 is 0. The number of amides is 1. The largest absolute Gasteiger partial charge is 0.337 e. The number of hydrogen-bond donors (Lipinski definition) is 1. The highest BCUT2D eigenvalue weighted by Gasteiger charge is 2.31. The Morgan fingerprint density at radius 2 is 1.84 bits per heavy atom. The van der Waals surface area contributed by atoms with Crippen LogP contribution in [0, 0.1) is 22.7 Å². The molecule has 154 valence electrons. The van der Waals surface area contributed by atoms with E-state index in [4.69, 9.17) is 10.5 Å². The standard InChI is InChI=1S/C24H22N6O/c25-11-18-4-6-19(7-5-18)15-30-17-27-13-22(30)14-28-23-8-9-29(24(23)31)16-21-3-1-2-20(10-21)12-26/h1-7,10,13,17,23,28H,8-9,14-16H2/t23-/m0/s1. The Morgan fingerprint density at radius 3 is 2.61 bits per heavy atom. The molecule has 1 atom stereocenters. The van der Waals surface area contributed by atoms with Gasteiger partial charge in [0.2, 0.25) is 5.91 Å². The molecule has 4 rings (SSSR count). The maximum atomic E-state index is 12.8. The Hall–Kier alpha value is -3.94. The second-order valence-electron chi connectivity index (χ2n) is 7.62. The van der Waals surface area contributed by atoms with Gasteiger partial charge in [-0.15, -0.1) is 0 Å². The normalized spacial score (nSPS) is 15.6. The van der Waals surface area contributed by atoms with Gasteiger partial charge in [0.25, 0.3) is 0 Å². The molecule has 1 amide bonds. The summed E-state index contributed by atoms with van der Waals surface area (Å²) in [5, 5.41) is 21.4. The minimum Gasteiger partial charge on any atom is -0.337 e. The van der Waals surface area contributed by atoms with E-state index >= 15 is 0 Å². The quantitative estimate of drug-likeness (QED) is 0.646. The molecule has 7 heteroatoms. The Balaban J connectivity index is 1.34. The number of likely N-dealkylation sites (tertiary alicyclic amines) is 1. The lowest BCUT2D eigenvalue weighted by atomic mass is 10.1. The van der Waals surface area contributed by atoms with E-state index in [0.29, 0.717) is 37.3 Å². The first-order valence-electron chi connectivity index (χ1n) is 10.2. The lowest BCUT2D eigenvalue weighted by Gasteiger charge is -2.18.